The molecule has 1 aliphatic rings. The van der Waals surface area contributed by atoms with Gasteiger partial charge in [0.25, 0.3) is 0 Å². The Bertz CT molecular complexity index is 734. The Kier molecular flexibility index (Phi) is 3.79. The number of hydrogen-bond acceptors (Lipinski definition) is 4. The van der Waals surface area contributed by atoms with Crippen molar-refractivity contribution in [3.05, 3.63) is 50.9 Å². The first-order valence-electron chi connectivity index (χ1n) is 6.71. The molecule has 2 aromatic rings. The van der Waals surface area contributed by atoms with E-state index >= 15 is 0 Å². The van der Waals surface area contributed by atoms with Crippen LogP contribution in [-0.2, 0) is 4.79 Å². The van der Waals surface area contributed by atoms with Gasteiger partial charge in [0.15, 0.2) is 11.7 Å². The quantitative estimate of drug-likeness (QED) is 0.853. The highest BCUT2D eigenvalue weighted by Crippen LogP contribution is 2.50. The van der Waals surface area contributed by atoms with E-state index in [0.29, 0.717) is 10.0 Å². The lowest BCUT2D eigenvalue weighted by Crippen LogP contribution is -2.13. The number of aryl methyl sites for hydroxylation is 1. The number of hydrogen-bond donors (Lipinski definition) is 0. The molecule has 1 fully saturated rings. The highest BCUT2D eigenvalue weighted by Gasteiger charge is 2.47. The van der Waals surface area contributed by atoms with Crippen LogP contribution in [0, 0.1) is 24.2 Å². The summed E-state index contributed by atoms with van der Waals surface area (Å²) in [6.45, 7) is 1.87. The monoisotopic (exact) mass is 316 g/mol. The maximum atomic E-state index is 12.5. The molecule has 0 unspecified atom stereocenters. The molecule has 1 aromatic carbocycles. The van der Waals surface area contributed by atoms with E-state index in [9.17, 15) is 10.1 Å². The van der Waals surface area contributed by atoms with Gasteiger partial charge in [0.1, 0.15) is 5.01 Å². The van der Waals surface area contributed by atoms with Crippen LogP contribution in [0.15, 0.2) is 29.6 Å². The first kappa shape index (κ1) is 14.2. The molecule has 0 N–H and O–H groups in total. The highest BCUT2D eigenvalue weighted by atomic mass is 35.5. The summed E-state index contributed by atoms with van der Waals surface area (Å²) in [5.74, 6) is -0.653. The summed E-state index contributed by atoms with van der Waals surface area (Å²) in [7, 11) is 0. The first-order valence-corrected chi connectivity index (χ1v) is 7.96. The number of carbonyl (C=O) groups excluding carboxylic acids is 1. The second kappa shape index (κ2) is 5.59. The number of nitriles is 1. The van der Waals surface area contributed by atoms with Gasteiger partial charge in [-0.15, -0.1) is 11.3 Å². The van der Waals surface area contributed by atoms with Gasteiger partial charge in [0.05, 0.1) is 6.07 Å². The summed E-state index contributed by atoms with van der Waals surface area (Å²) < 4.78 is 0. The number of nitrogens with zero attached hydrogens (tertiary/aromatic N) is 2. The van der Waals surface area contributed by atoms with Crippen LogP contribution in [0.25, 0.3) is 0 Å². The molecule has 3 rings (SSSR count). The molecule has 1 aromatic heterocycles. The molecule has 1 aliphatic carbocycles. The van der Waals surface area contributed by atoms with Crippen LogP contribution in [0.2, 0.25) is 5.02 Å². The molecule has 3 nitrogen and oxygen atoms in total. The maximum absolute atomic E-state index is 12.5. The predicted octanol–water partition coefficient (Wildman–Crippen LogP) is 4.08. The third kappa shape index (κ3) is 2.85. The molecule has 1 heterocycles. The average Bonchev–Trinajstić information content (AvgIpc) is 3.16. The Morgan fingerprint density at radius 3 is 3.00 bits per heavy atom. The minimum absolute atomic E-state index is 0.0168. The average molecular weight is 317 g/mol. The van der Waals surface area contributed by atoms with Crippen LogP contribution in [0.3, 0.4) is 0 Å². The van der Waals surface area contributed by atoms with Gasteiger partial charge in [0.2, 0.25) is 0 Å². The number of aromatic nitrogens is 1. The summed E-state index contributed by atoms with van der Waals surface area (Å²) in [6, 6.07) is 9.70. The number of carbonyl (C=O) groups is 1. The molecular formula is C16H13ClN2OS. The SMILES string of the molecule is Cc1csc([C@H](C#N)C(=O)[C@@H]2C[C@H]2c2cccc(Cl)c2)n1. The smallest absolute Gasteiger partial charge is 0.160 e. The van der Waals surface area contributed by atoms with Crippen LogP contribution < -0.4 is 0 Å². The Balaban J connectivity index is 1.76. The fraction of sp³-hybridized carbons (Fsp3) is 0.312. The zero-order valence-electron chi connectivity index (χ0n) is 11.4. The van der Waals surface area contributed by atoms with Crippen molar-refractivity contribution in [3.63, 3.8) is 0 Å². The van der Waals surface area contributed by atoms with E-state index in [0.717, 1.165) is 17.7 Å². The standard InChI is InChI=1S/C16H13ClN2OS/c1-9-8-21-16(19-9)14(7-18)15(20)13-6-12(13)10-3-2-4-11(17)5-10/h2-5,8,12-14H,6H2,1H3/t12-,13+,14+/m0/s1. The van der Waals surface area contributed by atoms with Gasteiger partial charge in [-0.2, -0.15) is 5.26 Å². The Labute approximate surface area is 132 Å². The minimum Gasteiger partial charge on any atom is -0.297 e. The topological polar surface area (TPSA) is 53.8 Å². The van der Waals surface area contributed by atoms with Crippen molar-refractivity contribution >= 4 is 28.7 Å². The van der Waals surface area contributed by atoms with E-state index in [4.69, 9.17) is 11.6 Å². The molecular weight excluding hydrogens is 304 g/mol. The van der Waals surface area contributed by atoms with Gasteiger partial charge in [0, 0.05) is 22.0 Å². The molecule has 0 spiro atoms. The summed E-state index contributed by atoms with van der Waals surface area (Å²) >= 11 is 7.37. The molecule has 0 radical (unpaired) electrons. The Hall–Kier alpha value is -1.70. The second-order valence-electron chi connectivity index (χ2n) is 5.30. The third-order valence-electron chi connectivity index (χ3n) is 3.73. The largest absolute Gasteiger partial charge is 0.297 e. The summed E-state index contributed by atoms with van der Waals surface area (Å²) in [5, 5.41) is 12.5. The van der Waals surface area contributed by atoms with Crippen LogP contribution in [0.4, 0.5) is 0 Å². The van der Waals surface area contributed by atoms with E-state index in [1.54, 1.807) is 0 Å². The Morgan fingerprint density at radius 1 is 1.57 bits per heavy atom. The fourth-order valence-electron chi connectivity index (χ4n) is 2.57. The van der Waals surface area contributed by atoms with Gasteiger partial charge in [-0.05, 0) is 37.0 Å². The van der Waals surface area contributed by atoms with E-state index in [2.05, 4.69) is 11.1 Å². The Morgan fingerprint density at radius 2 is 2.38 bits per heavy atom. The highest BCUT2D eigenvalue weighted by molar-refractivity contribution is 7.09. The second-order valence-corrected chi connectivity index (χ2v) is 6.62. The lowest BCUT2D eigenvalue weighted by atomic mass is 9.99. The van der Waals surface area contributed by atoms with Crippen molar-refractivity contribution in [3.8, 4) is 6.07 Å². The number of rotatable bonds is 4. The normalized spacial score (nSPS) is 21.6. The molecule has 0 bridgehead atoms. The van der Waals surface area contributed by atoms with Crippen molar-refractivity contribution in [2.24, 2.45) is 5.92 Å². The van der Waals surface area contributed by atoms with Gasteiger partial charge >= 0.3 is 0 Å². The molecule has 1 saturated carbocycles. The van der Waals surface area contributed by atoms with E-state index in [1.807, 2.05) is 36.6 Å². The number of halogens is 1. The van der Waals surface area contributed by atoms with E-state index < -0.39 is 5.92 Å². The number of Topliss-reactive ketones (excluding diaryl/α,β-unsaturated/α-hetero) is 1. The minimum atomic E-state index is -0.738. The van der Waals surface area contributed by atoms with Crippen molar-refractivity contribution in [1.82, 2.24) is 4.98 Å². The lowest BCUT2D eigenvalue weighted by Gasteiger charge is -2.05. The van der Waals surface area contributed by atoms with Crippen LogP contribution in [-0.4, -0.2) is 10.8 Å². The molecule has 21 heavy (non-hydrogen) atoms. The summed E-state index contributed by atoms with van der Waals surface area (Å²) in [4.78, 5) is 16.8. The number of ketones is 1. The molecule has 5 heteroatoms. The van der Waals surface area contributed by atoms with E-state index in [-0.39, 0.29) is 17.6 Å². The van der Waals surface area contributed by atoms with Gasteiger partial charge in [-0.3, -0.25) is 4.79 Å². The van der Waals surface area contributed by atoms with Crippen LogP contribution >= 0.6 is 22.9 Å². The number of benzene rings is 1. The predicted molar refractivity (Wildman–Crippen MR) is 82.5 cm³/mol. The fourth-order valence-corrected chi connectivity index (χ4v) is 3.62. The molecule has 106 valence electrons. The van der Waals surface area contributed by atoms with E-state index in [1.165, 1.54) is 11.3 Å². The van der Waals surface area contributed by atoms with Crippen LogP contribution in [0.5, 0.6) is 0 Å². The van der Waals surface area contributed by atoms with Crippen molar-refractivity contribution in [1.29, 1.82) is 5.26 Å². The number of thiazole rings is 1. The lowest BCUT2D eigenvalue weighted by molar-refractivity contribution is -0.120. The van der Waals surface area contributed by atoms with Crippen LogP contribution in [0.1, 0.15) is 34.5 Å². The maximum Gasteiger partial charge on any atom is 0.160 e. The zero-order valence-corrected chi connectivity index (χ0v) is 13.0. The molecule has 0 saturated heterocycles. The zero-order chi connectivity index (χ0) is 15.0. The summed E-state index contributed by atoms with van der Waals surface area (Å²) in [5.41, 5.74) is 1.93. The molecule has 0 amide bonds. The first-order chi connectivity index (χ1) is 10.1. The van der Waals surface area contributed by atoms with Gasteiger partial charge in [-0.25, -0.2) is 4.98 Å². The summed E-state index contributed by atoms with van der Waals surface area (Å²) in [6.07, 6.45) is 0.793. The van der Waals surface area contributed by atoms with Gasteiger partial charge in [-0.1, -0.05) is 23.7 Å². The third-order valence-corrected chi connectivity index (χ3v) is 4.99. The van der Waals surface area contributed by atoms with Crippen molar-refractivity contribution in [2.45, 2.75) is 25.2 Å². The molecule has 0 aliphatic heterocycles. The molecule has 3 atom stereocenters. The van der Waals surface area contributed by atoms with Gasteiger partial charge < -0.3 is 0 Å². The van der Waals surface area contributed by atoms with Crippen molar-refractivity contribution < 1.29 is 4.79 Å². The van der Waals surface area contributed by atoms with Crippen molar-refractivity contribution in [2.75, 3.05) is 0 Å².